The molecule has 4 heteroatoms. The van der Waals surface area contributed by atoms with Crippen LogP contribution in [0.3, 0.4) is 0 Å². The molecule has 0 radical (unpaired) electrons. The molecule has 0 spiro atoms. The van der Waals surface area contributed by atoms with Crippen LogP contribution in [0.1, 0.15) is 12.0 Å². The lowest BCUT2D eigenvalue weighted by Gasteiger charge is -2.27. The van der Waals surface area contributed by atoms with Gasteiger partial charge >= 0.3 is 0 Å². The lowest BCUT2D eigenvalue weighted by molar-refractivity contribution is -0.131. The topological polar surface area (TPSA) is 32.3 Å². The van der Waals surface area contributed by atoms with Gasteiger partial charge in [0, 0.05) is 43.2 Å². The predicted octanol–water partition coefficient (Wildman–Crippen LogP) is 1.91. The van der Waals surface area contributed by atoms with Crippen LogP contribution in [0.5, 0.6) is 0 Å². The van der Waals surface area contributed by atoms with E-state index in [1.165, 1.54) is 10.5 Å². The van der Waals surface area contributed by atoms with Gasteiger partial charge in [0.25, 0.3) is 0 Å². The van der Waals surface area contributed by atoms with Crippen LogP contribution < -0.4 is 5.32 Å². The summed E-state index contributed by atoms with van der Waals surface area (Å²) in [7, 11) is 0. The summed E-state index contributed by atoms with van der Waals surface area (Å²) in [4.78, 5) is 15.2. The van der Waals surface area contributed by atoms with E-state index in [9.17, 15) is 4.79 Å². The molecule has 1 aromatic carbocycles. The van der Waals surface area contributed by atoms with Gasteiger partial charge in [0.1, 0.15) is 0 Å². The van der Waals surface area contributed by atoms with E-state index in [4.69, 9.17) is 0 Å². The number of rotatable bonds is 4. The van der Waals surface area contributed by atoms with Crippen LogP contribution in [-0.2, 0) is 4.79 Å². The highest BCUT2D eigenvalue weighted by Crippen LogP contribution is 2.19. The fourth-order valence-corrected chi connectivity index (χ4v) is 2.99. The smallest absolute Gasteiger partial charge is 0.223 e. The van der Waals surface area contributed by atoms with Crippen LogP contribution >= 0.6 is 11.8 Å². The fraction of sp³-hybridized carbons (Fsp3) is 0.500. The van der Waals surface area contributed by atoms with Gasteiger partial charge in [0.15, 0.2) is 0 Å². The number of carbonyl (C=O) groups is 1. The minimum Gasteiger partial charge on any atom is -0.340 e. The van der Waals surface area contributed by atoms with Gasteiger partial charge < -0.3 is 10.2 Å². The molecular weight excluding hydrogens is 244 g/mol. The minimum absolute atomic E-state index is 0.289. The highest BCUT2D eigenvalue weighted by Gasteiger charge is 2.15. The van der Waals surface area contributed by atoms with Gasteiger partial charge in [-0.15, -0.1) is 11.8 Å². The van der Waals surface area contributed by atoms with Gasteiger partial charge in [-0.25, -0.2) is 0 Å². The van der Waals surface area contributed by atoms with E-state index in [-0.39, 0.29) is 5.91 Å². The van der Waals surface area contributed by atoms with Crippen LogP contribution in [-0.4, -0.2) is 42.7 Å². The first-order valence-corrected chi connectivity index (χ1v) is 7.42. The quantitative estimate of drug-likeness (QED) is 0.843. The third-order valence-corrected chi connectivity index (χ3v) is 4.04. The average molecular weight is 264 g/mol. The fourth-order valence-electron chi connectivity index (χ4n) is 2.03. The second kappa shape index (κ2) is 6.81. The molecule has 1 saturated heterocycles. The Morgan fingerprint density at radius 3 is 2.89 bits per heavy atom. The van der Waals surface area contributed by atoms with Gasteiger partial charge in [0.05, 0.1) is 0 Å². The second-order valence-corrected chi connectivity index (χ2v) is 5.71. The van der Waals surface area contributed by atoms with E-state index in [0.29, 0.717) is 6.42 Å². The van der Waals surface area contributed by atoms with Crippen molar-refractivity contribution in [2.45, 2.75) is 18.2 Å². The number of hydrogen-bond acceptors (Lipinski definition) is 3. The Labute approximate surface area is 113 Å². The van der Waals surface area contributed by atoms with E-state index in [0.717, 1.165) is 31.9 Å². The maximum Gasteiger partial charge on any atom is 0.223 e. The Morgan fingerprint density at radius 2 is 2.17 bits per heavy atom. The first-order valence-electron chi connectivity index (χ1n) is 6.44. The molecule has 1 fully saturated rings. The molecule has 1 aromatic rings. The van der Waals surface area contributed by atoms with E-state index in [1.54, 1.807) is 11.8 Å². The van der Waals surface area contributed by atoms with Gasteiger partial charge in [-0.3, -0.25) is 4.79 Å². The molecule has 1 N–H and O–H groups in total. The molecule has 0 aliphatic carbocycles. The summed E-state index contributed by atoms with van der Waals surface area (Å²) in [5, 5.41) is 3.26. The molecule has 1 aliphatic heterocycles. The monoisotopic (exact) mass is 264 g/mol. The molecule has 1 heterocycles. The molecule has 18 heavy (non-hydrogen) atoms. The zero-order valence-corrected chi connectivity index (χ0v) is 11.6. The first kappa shape index (κ1) is 13.4. The molecule has 1 aliphatic rings. The maximum absolute atomic E-state index is 11.9. The van der Waals surface area contributed by atoms with Crippen LogP contribution in [0.15, 0.2) is 29.2 Å². The van der Waals surface area contributed by atoms with Crippen molar-refractivity contribution < 1.29 is 4.79 Å². The zero-order chi connectivity index (χ0) is 12.8. The normalized spacial score (nSPS) is 15.7. The molecule has 2 rings (SSSR count). The lowest BCUT2D eigenvalue weighted by Crippen LogP contribution is -2.46. The Bertz CT molecular complexity index is 403. The van der Waals surface area contributed by atoms with Crippen molar-refractivity contribution in [2.24, 2.45) is 0 Å². The summed E-state index contributed by atoms with van der Waals surface area (Å²) < 4.78 is 0. The number of nitrogens with zero attached hydrogens (tertiary/aromatic N) is 1. The Balaban J connectivity index is 1.73. The van der Waals surface area contributed by atoms with Crippen LogP contribution in [0.2, 0.25) is 0 Å². The van der Waals surface area contributed by atoms with Gasteiger partial charge in [-0.05, 0) is 19.1 Å². The van der Waals surface area contributed by atoms with Gasteiger partial charge in [0.2, 0.25) is 5.91 Å². The summed E-state index contributed by atoms with van der Waals surface area (Å²) in [6.07, 6.45) is 0.638. The molecule has 0 unspecified atom stereocenters. The number of nitrogens with one attached hydrogen (secondary N) is 1. The van der Waals surface area contributed by atoms with E-state index in [2.05, 4.69) is 36.5 Å². The van der Waals surface area contributed by atoms with Crippen LogP contribution in [0.4, 0.5) is 0 Å². The highest BCUT2D eigenvalue weighted by molar-refractivity contribution is 7.99. The van der Waals surface area contributed by atoms with Crippen LogP contribution in [0, 0.1) is 6.92 Å². The Morgan fingerprint density at radius 1 is 1.39 bits per heavy atom. The third kappa shape index (κ3) is 4.03. The second-order valence-electron chi connectivity index (χ2n) is 4.55. The number of piperazine rings is 1. The molecule has 0 bridgehead atoms. The van der Waals surface area contributed by atoms with Crippen molar-refractivity contribution in [3.8, 4) is 0 Å². The number of thioether (sulfide) groups is 1. The van der Waals surface area contributed by atoms with E-state index in [1.807, 2.05) is 4.90 Å². The van der Waals surface area contributed by atoms with Crippen molar-refractivity contribution in [1.29, 1.82) is 0 Å². The number of benzene rings is 1. The van der Waals surface area contributed by atoms with Crippen molar-refractivity contribution >= 4 is 17.7 Å². The first-order chi connectivity index (χ1) is 8.75. The lowest BCUT2D eigenvalue weighted by atomic mass is 10.2. The Kier molecular flexibility index (Phi) is 5.08. The number of amides is 1. The van der Waals surface area contributed by atoms with Crippen molar-refractivity contribution in [1.82, 2.24) is 10.2 Å². The predicted molar refractivity (Wildman–Crippen MR) is 76.0 cm³/mol. The molecule has 0 saturated carbocycles. The number of hydrogen-bond donors (Lipinski definition) is 1. The number of aryl methyl sites for hydroxylation is 1. The SMILES string of the molecule is Cc1cccc(SCCC(=O)N2CCNCC2)c1. The van der Waals surface area contributed by atoms with Gasteiger partial charge in [-0.1, -0.05) is 17.7 Å². The average Bonchev–Trinajstić information content (AvgIpc) is 2.40. The summed E-state index contributed by atoms with van der Waals surface area (Å²) in [6.45, 7) is 5.66. The zero-order valence-electron chi connectivity index (χ0n) is 10.8. The van der Waals surface area contributed by atoms with E-state index >= 15 is 0 Å². The summed E-state index contributed by atoms with van der Waals surface area (Å²) in [6, 6.07) is 8.43. The summed E-state index contributed by atoms with van der Waals surface area (Å²) >= 11 is 1.76. The summed E-state index contributed by atoms with van der Waals surface area (Å²) in [5.41, 5.74) is 1.27. The summed E-state index contributed by atoms with van der Waals surface area (Å²) in [5.74, 6) is 1.16. The van der Waals surface area contributed by atoms with Crippen LogP contribution in [0.25, 0.3) is 0 Å². The molecule has 98 valence electrons. The Hall–Kier alpha value is -1.00. The van der Waals surface area contributed by atoms with Crippen molar-refractivity contribution in [3.63, 3.8) is 0 Å². The maximum atomic E-state index is 11.9. The molecule has 1 amide bonds. The molecule has 3 nitrogen and oxygen atoms in total. The van der Waals surface area contributed by atoms with Crippen molar-refractivity contribution in [2.75, 3.05) is 31.9 Å². The molecular formula is C14H20N2OS. The highest BCUT2D eigenvalue weighted by atomic mass is 32.2. The third-order valence-electron chi connectivity index (χ3n) is 3.04. The standard InChI is InChI=1S/C14H20N2OS/c1-12-3-2-4-13(11-12)18-10-5-14(17)16-8-6-15-7-9-16/h2-4,11,15H,5-10H2,1H3. The van der Waals surface area contributed by atoms with E-state index < -0.39 is 0 Å². The van der Waals surface area contributed by atoms with Crippen molar-refractivity contribution in [3.05, 3.63) is 29.8 Å². The number of carbonyl (C=O) groups excluding carboxylic acids is 1. The molecule has 0 aromatic heterocycles. The molecule has 0 atom stereocenters. The minimum atomic E-state index is 0.289. The largest absolute Gasteiger partial charge is 0.340 e. The van der Waals surface area contributed by atoms with Gasteiger partial charge in [-0.2, -0.15) is 0 Å².